The zero-order valence-electron chi connectivity index (χ0n) is 10.3. The van der Waals surface area contributed by atoms with Gasteiger partial charge in [0.05, 0.1) is 12.7 Å². The minimum atomic E-state index is -1.37. The topological polar surface area (TPSA) is 121 Å². The highest BCUT2D eigenvalue weighted by molar-refractivity contribution is 5.86. The number of carboxylic acids is 1. The van der Waals surface area contributed by atoms with Crippen LogP contribution in [-0.2, 0) is 16.1 Å². The molecule has 1 saturated carbocycles. The van der Waals surface area contributed by atoms with Crippen LogP contribution in [0.25, 0.3) is 0 Å². The Kier molecular flexibility index (Phi) is 3.68. The summed E-state index contributed by atoms with van der Waals surface area (Å²) in [5, 5.41) is 11.3. The maximum atomic E-state index is 13.1. The van der Waals surface area contributed by atoms with Crippen molar-refractivity contribution >= 4 is 11.9 Å². The second-order valence-electron chi connectivity index (χ2n) is 4.56. The van der Waals surface area contributed by atoms with Crippen LogP contribution in [-0.4, -0.2) is 32.6 Å². The summed E-state index contributed by atoms with van der Waals surface area (Å²) in [6.07, 6.45) is 2.01. The molecule has 0 saturated heterocycles. The zero-order valence-corrected chi connectivity index (χ0v) is 10.3. The summed E-state index contributed by atoms with van der Waals surface area (Å²) >= 11 is 0. The zero-order chi connectivity index (χ0) is 14.9. The largest absolute Gasteiger partial charge is 0.480 e. The smallest absolute Gasteiger partial charge is 0.328 e. The van der Waals surface area contributed by atoms with E-state index in [2.05, 4.69) is 5.32 Å². The summed E-state index contributed by atoms with van der Waals surface area (Å²) in [4.78, 5) is 46.6. The molecule has 108 valence electrons. The van der Waals surface area contributed by atoms with E-state index in [-0.39, 0.29) is 5.92 Å². The van der Waals surface area contributed by atoms with Gasteiger partial charge in [-0.05, 0) is 12.8 Å². The normalized spacial score (nSPS) is 15.7. The lowest BCUT2D eigenvalue weighted by Crippen LogP contribution is -2.46. The standard InChI is InChI=1S/C11H12FN3O5/c12-6-3-15(11(20)14-9(6)17)4-7(10(18)19)13-8(16)5-1-2-5/h3,5,7H,1-2,4H2,(H,13,16)(H,18,19)(H,14,17,20). The van der Waals surface area contributed by atoms with E-state index in [0.717, 1.165) is 0 Å². The summed E-state index contributed by atoms with van der Waals surface area (Å²) in [7, 11) is 0. The number of carboxylic acid groups (broad SMARTS) is 1. The van der Waals surface area contributed by atoms with Gasteiger partial charge in [0.2, 0.25) is 11.7 Å². The van der Waals surface area contributed by atoms with Crippen molar-refractivity contribution in [2.75, 3.05) is 0 Å². The lowest BCUT2D eigenvalue weighted by atomic mass is 10.2. The Bertz CT molecular complexity index is 661. The van der Waals surface area contributed by atoms with E-state index in [1.54, 1.807) is 4.98 Å². The average Bonchev–Trinajstić information content (AvgIpc) is 3.18. The maximum Gasteiger partial charge on any atom is 0.328 e. The lowest BCUT2D eigenvalue weighted by molar-refractivity contribution is -0.142. The van der Waals surface area contributed by atoms with Crippen molar-refractivity contribution in [2.24, 2.45) is 5.92 Å². The van der Waals surface area contributed by atoms with Gasteiger partial charge in [-0.2, -0.15) is 4.39 Å². The van der Waals surface area contributed by atoms with Gasteiger partial charge >= 0.3 is 11.7 Å². The first kappa shape index (κ1) is 14.0. The molecule has 0 radical (unpaired) electrons. The molecule has 0 spiro atoms. The van der Waals surface area contributed by atoms with Gasteiger partial charge in [0.1, 0.15) is 6.04 Å². The summed E-state index contributed by atoms with van der Waals surface area (Å²) in [6.45, 7) is -0.472. The first-order chi connectivity index (χ1) is 9.38. The van der Waals surface area contributed by atoms with Crippen molar-refractivity contribution in [3.05, 3.63) is 32.9 Å². The number of aliphatic carboxylic acids is 1. The Hall–Kier alpha value is -2.45. The predicted octanol–water partition coefficient (Wildman–Crippen LogP) is -1.34. The Balaban J connectivity index is 2.17. The molecule has 1 amide bonds. The first-order valence-electron chi connectivity index (χ1n) is 5.91. The van der Waals surface area contributed by atoms with Gasteiger partial charge in [-0.1, -0.05) is 0 Å². The van der Waals surface area contributed by atoms with Crippen LogP contribution in [0.3, 0.4) is 0 Å². The second kappa shape index (κ2) is 5.27. The Morgan fingerprint density at radius 3 is 2.70 bits per heavy atom. The second-order valence-corrected chi connectivity index (χ2v) is 4.56. The summed E-state index contributed by atoms with van der Waals surface area (Å²) < 4.78 is 13.8. The number of H-pyrrole nitrogens is 1. The molecule has 1 aliphatic rings. The van der Waals surface area contributed by atoms with Crippen LogP contribution in [0.5, 0.6) is 0 Å². The number of carbonyl (C=O) groups is 2. The fraction of sp³-hybridized carbons (Fsp3) is 0.455. The molecule has 20 heavy (non-hydrogen) atoms. The summed E-state index contributed by atoms with van der Waals surface area (Å²) in [6, 6.07) is -1.37. The molecule has 1 aromatic rings. The van der Waals surface area contributed by atoms with Gasteiger partial charge < -0.3 is 10.4 Å². The number of carbonyl (C=O) groups excluding carboxylic acids is 1. The van der Waals surface area contributed by atoms with E-state index in [0.29, 0.717) is 23.6 Å². The monoisotopic (exact) mass is 285 g/mol. The average molecular weight is 285 g/mol. The number of aromatic nitrogens is 2. The molecule has 0 bridgehead atoms. The van der Waals surface area contributed by atoms with Gasteiger partial charge in [0.15, 0.2) is 0 Å². The van der Waals surface area contributed by atoms with Crippen molar-refractivity contribution in [1.82, 2.24) is 14.9 Å². The van der Waals surface area contributed by atoms with E-state index >= 15 is 0 Å². The molecule has 0 aromatic carbocycles. The van der Waals surface area contributed by atoms with Gasteiger partial charge in [-0.15, -0.1) is 0 Å². The highest BCUT2D eigenvalue weighted by Crippen LogP contribution is 2.28. The van der Waals surface area contributed by atoms with E-state index in [4.69, 9.17) is 5.11 Å². The van der Waals surface area contributed by atoms with Crippen LogP contribution >= 0.6 is 0 Å². The predicted molar refractivity (Wildman–Crippen MR) is 63.6 cm³/mol. The number of aromatic amines is 1. The highest BCUT2D eigenvalue weighted by Gasteiger charge is 2.32. The molecule has 2 rings (SSSR count). The molecule has 0 aliphatic heterocycles. The van der Waals surface area contributed by atoms with Crippen molar-refractivity contribution < 1.29 is 19.1 Å². The highest BCUT2D eigenvalue weighted by atomic mass is 19.1. The number of hydrogen-bond donors (Lipinski definition) is 3. The molecule has 1 fully saturated rings. The number of amides is 1. The Labute approximate surface area is 111 Å². The van der Waals surface area contributed by atoms with Crippen LogP contribution in [0.2, 0.25) is 0 Å². The summed E-state index contributed by atoms with van der Waals surface area (Å²) in [5.41, 5.74) is -2.12. The van der Waals surface area contributed by atoms with Crippen molar-refractivity contribution in [2.45, 2.75) is 25.4 Å². The van der Waals surface area contributed by atoms with E-state index < -0.39 is 41.5 Å². The quantitative estimate of drug-likeness (QED) is 0.618. The minimum Gasteiger partial charge on any atom is -0.480 e. The number of nitrogens with one attached hydrogen (secondary N) is 2. The van der Waals surface area contributed by atoms with Crippen LogP contribution in [0.15, 0.2) is 15.8 Å². The lowest BCUT2D eigenvalue weighted by Gasteiger charge is -2.15. The molecule has 9 heteroatoms. The number of halogens is 1. The fourth-order valence-corrected chi connectivity index (χ4v) is 1.64. The fourth-order valence-electron chi connectivity index (χ4n) is 1.64. The third-order valence-electron chi connectivity index (χ3n) is 2.91. The van der Waals surface area contributed by atoms with Crippen LogP contribution in [0.1, 0.15) is 12.8 Å². The summed E-state index contributed by atoms with van der Waals surface area (Å²) in [5.74, 6) is -3.16. The van der Waals surface area contributed by atoms with Crippen molar-refractivity contribution in [3.8, 4) is 0 Å². The van der Waals surface area contributed by atoms with Gasteiger partial charge in [-0.3, -0.25) is 19.1 Å². The number of nitrogens with zero attached hydrogens (tertiary/aromatic N) is 1. The molecule has 1 aliphatic carbocycles. The Morgan fingerprint density at radius 2 is 2.15 bits per heavy atom. The molecule has 1 atom stereocenters. The Morgan fingerprint density at radius 1 is 1.50 bits per heavy atom. The van der Waals surface area contributed by atoms with Crippen LogP contribution in [0, 0.1) is 11.7 Å². The molecule has 1 unspecified atom stereocenters. The van der Waals surface area contributed by atoms with E-state index in [1.165, 1.54) is 0 Å². The molecule has 1 heterocycles. The van der Waals surface area contributed by atoms with Gasteiger partial charge in [-0.25, -0.2) is 9.59 Å². The van der Waals surface area contributed by atoms with Crippen LogP contribution in [0.4, 0.5) is 4.39 Å². The molecular formula is C11H12FN3O5. The molecular weight excluding hydrogens is 273 g/mol. The van der Waals surface area contributed by atoms with Crippen molar-refractivity contribution in [1.29, 1.82) is 0 Å². The van der Waals surface area contributed by atoms with Crippen LogP contribution < -0.4 is 16.6 Å². The van der Waals surface area contributed by atoms with E-state index in [1.807, 2.05) is 0 Å². The number of hydrogen-bond acceptors (Lipinski definition) is 4. The van der Waals surface area contributed by atoms with Gasteiger partial charge in [0.25, 0.3) is 5.56 Å². The minimum absolute atomic E-state index is 0.194. The number of rotatable bonds is 5. The molecule has 8 nitrogen and oxygen atoms in total. The van der Waals surface area contributed by atoms with Crippen molar-refractivity contribution in [3.63, 3.8) is 0 Å². The maximum absolute atomic E-state index is 13.1. The van der Waals surface area contributed by atoms with Gasteiger partial charge in [0, 0.05) is 5.92 Å². The SMILES string of the molecule is O=C(NC(Cn1cc(F)c(=O)[nH]c1=O)C(=O)O)C1CC1. The first-order valence-corrected chi connectivity index (χ1v) is 5.91. The third kappa shape index (κ3) is 3.11. The molecule has 3 N–H and O–H groups in total. The van der Waals surface area contributed by atoms with E-state index in [9.17, 15) is 23.6 Å². The third-order valence-corrected chi connectivity index (χ3v) is 2.91. The molecule has 1 aromatic heterocycles.